The second-order valence-electron chi connectivity index (χ2n) is 6.43. The lowest BCUT2D eigenvalue weighted by molar-refractivity contribution is -0.114. The summed E-state index contributed by atoms with van der Waals surface area (Å²) in [5.41, 5.74) is 0.826. The van der Waals surface area contributed by atoms with Gasteiger partial charge in [-0.3, -0.25) is 9.10 Å². The minimum absolute atomic E-state index is 0.0296. The standard InChI is InChI=1S/C21H17BrClFN2O3S/c1-14-11-16(23)8-10-20(14)26(30(28,29)17-5-3-2-4-6-17)13-21(27)25-19-9-7-15(22)12-18(19)24/h2-12H,13H2,1H3,(H,25,27). The van der Waals surface area contributed by atoms with E-state index in [9.17, 15) is 17.6 Å². The molecule has 156 valence electrons. The largest absolute Gasteiger partial charge is 0.322 e. The Kier molecular flexibility index (Phi) is 6.80. The van der Waals surface area contributed by atoms with Gasteiger partial charge in [-0.25, -0.2) is 12.8 Å². The Labute approximate surface area is 187 Å². The third-order valence-electron chi connectivity index (χ3n) is 4.25. The fraction of sp³-hybridized carbons (Fsp3) is 0.0952. The zero-order valence-corrected chi connectivity index (χ0v) is 18.9. The molecule has 30 heavy (non-hydrogen) atoms. The van der Waals surface area contributed by atoms with Crippen molar-refractivity contribution in [3.63, 3.8) is 0 Å². The van der Waals surface area contributed by atoms with Crippen LogP contribution >= 0.6 is 27.5 Å². The van der Waals surface area contributed by atoms with Crippen LogP contribution in [-0.2, 0) is 14.8 Å². The van der Waals surface area contributed by atoms with E-state index < -0.39 is 28.3 Å². The number of hydrogen-bond donors (Lipinski definition) is 1. The molecule has 3 rings (SSSR count). The van der Waals surface area contributed by atoms with E-state index in [1.807, 2.05) is 0 Å². The number of amides is 1. The minimum atomic E-state index is -4.07. The van der Waals surface area contributed by atoms with Crippen molar-refractivity contribution in [2.45, 2.75) is 11.8 Å². The summed E-state index contributed by atoms with van der Waals surface area (Å²) < 4.78 is 42.2. The summed E-state index contributed by atoms with van der Waals surface area (Å²) in [5.74, 6) is -1.33. The molecule has 3 aromatic carbocycles. The molecule has 0 bridgehead atoms. The number of anilines is 2. The maximum Gasteiger partial charge on any atom is 0.264 e. The summed E-state index contributed by atoms with van der Waals surface area (Å²) >= 11 is 9.15. The summed E-state index contributed by atoms with van der Waals surface area (Å²) in [6, 6.07) is 16.6. The third kappa shape index (κ3) is 5.00. The van der Waals surface area contributed by atoms with Gasteiger partial charge in [0.2, 0.25) is 5.91 Å². The minimum Gasteiger partial charge on any atom is -0.322 e. The van der Waals surface area contributed by atoms with Gasteiger partial charge in [-0.2, -0.15) is 0 Å². The average molecular weight is 512 g/mol. The van der Waals surface area contributed by atoms with Gasteiger partial charge >= 0.3 is 0 Å². The highest BCUT2D eigenvalue weighted by molar-refractivity contribution is 9.10. The van der Waals surface area contributed by atoms with Crippen LogP contribution in [0.25, 0.3) is 0 Å². The SMILES string of the molecule is Cc1cc(Cl)ccc1N(CC(=O)Nc1ccc(Br)cc1F)S(=O)(=O)c1ccccc1. The first-order chi connectivity index (χ1) is 14.2. The van der Waals surface area contributed by atoms with Crippen molar-refractivity contribution in [1.29, 1.82) is 0 Å². The van der Waals surface area contributed by atoms with Gasteiger partial charge in [0.05, 0.1) is 16.3 Å². The first-order valence-corrected chi connectivity index (χ1v) is 11.4. The van der Waals surface area contributed by atoms with E-state index >= 15 is 0 Å². The summed E-state index contributed by atoms with van der Waals surface area (Å²) in [5, 5.41) is 2.86. The van der Waals surface area contributed by atoms with Crippen LogP contribution in [0.4, 0.5) is 15.8 Å². The zero-order valence-electron chi connectivity index (χ0n) is 15.8. The van der Waals surface area contributed by atoms with Gasteiger partial charge in [-0.15, -0.1) is 0 Å². The van der Waals surface area contributed by atoms with Gasteiger partial charge in [0, 0.05) is 9.50 Å². The van der Waals surface area contributed by atoms with E-state index in [4.69, 9.17) is 11.6 Å². The van der Waals surface area contributed by atoms with Crippen molar-refractivity contribution in [2.75, 3.05) is 16.2 Å². The molecule has 3 aromatic rings. The topological polar surface area (TPSA) is 66.5 Å². The highest BCUT2D eigenvalue weighted by Crippen LogP contribution is 2.29. The molecule has 1 amide bonds. The van der Waals surface area contributed by atoms with Crippen LogP contribution in [0.1, 0.15) is 5.56 Å². The second-order valence-corrected chi connectivity index (χ2v) is 9.64. The van der Waals surface area contributed by atoms with Crippen LogP contribution in [0.15, 0.2) is 76.1 Å². The number of carbonyl (C=O) groups excluding carboxylic acids is 1. The second kappa shape index (κ2) is 9.16. The van der Waals surface area contributed by atoms with E-state index in [0.29, 0.717) is 20.7 Å². The van der Waals surface area contributed by atoms with Crippen molar-refractivity contribution in [1.82, 2.24) is 0 Å². The molecular weight excluding hydrogens is 495 g/mol. The number of hydrogen-bond acceptors (Lipinski definition) is 3. The molecule has 9 heteroatoms. The van der Waals surface area contributed by atoms with Crippen LogP contribution in [0.5, 0.6) is 0 Å². The Morgan fingerprint density at radius 3 is 2.43 bits per heavy atom. The highest BCUT2D eigenvalue weighted by atomic mass is 79.9. The third-order valence-corrected chi connectivity index (χ3v) is 6.75. The average Bonchev–Trinajstić information content (AvgIpc) is 2.69. The molecule has 0 unspecified atom stereocenters. The lowest BCUT2D eigenvalue weighted by Crippen LogP contribution is -2.38. The fourth-order valence-electron chi connectivity index (χ4n) is 2.83. The van der Waals surface area contributed by atoms with E-state index in [1.54, 1.807) is 43.3 Å². The maximum absolute atomic E-state index is 14.1. The molecule has 0 saturated heterocycles. The smallest absolute Gasteiger partial charge is 0.264 e. The summed E-state index contributed by atoms with van der Waals surface area (Å²) in [6.07, 6.45) is 0. The fourth-order valence-corrected chi connectivity index (χ4v) is 4.90. The van der Waals surface area contributed by atoms with Crippen LogP contribution < -0.4 is 9.62 Å². The van der Waals surface area contributed by atoms with E-state index in [0.717, 1.165) is 4.31 Å². The van der Waals surface area contributed by atoms with Crippen molar-refractivity contribution in [3.05, 3.63) is 87.6 Å². The normalized spacial score (nSPS) is 11.2. The monoisotopic (exact) mass is 510 g/mol. The Balaban J connectivity index is 1.98. The molecule has 0 aromatic heterocycles. The molecule has 0 aliphatic carbocycles. The molecule has 0 heterocycles. The zero-order chi connectivity index (χ0) is 21.9. The number of halogens is 3. The number of rotatable bonds is 6. The molecule has 0 atom stereocenters. The number of sulfonamides is 1. The number of nitrogens with one attached hydrogen (secondary N) is 1. The molecule has 0 radical (unpaired) electrons. The van der Waals surface area contributed by atoms with Gasteiger partial charge in [0.25, 0.3) is 10.0 Å². The Morgan fingerprint density at radius 2 is 1.80 bits per heavy atom. The lowest BCUT2D eigenvalue weighted by Gasteiger charge is -2.25. The predicted molar refractivity (Wildman–Crippen MR) is 120 cm³/mol. The van der Waals surface area contributed by atoms with Gasteiger partial charge in [-0.05, 0) is 61.0 Å². The number of aryl methyl sites for hydroxylation is 1. The van der Waals surface area contributed by atoms with Gasteiger partial charge in [0.1, 0.15) is 12.4 Å². The predicted octanol–water partition coefficient (Wildman–Crippen LogP) is 5.38. The van der Waals surface area contributed by atoms with Crippen molar-refractivity contribution in [2.24, 2.45) is 0 Å². The van der Waals surface area contributed by atoms with E-state index in [2.05, 4.69) is 21.2 Å². The number of nitrogens with zero attached hydrogens (tertiary/aromatic N) is 1. The highest BCUT2D eigenvalue weighted by Gasteiger charge is 2.28. The van der Waals surface area contributed by atoms with Crippen LogP contribution in [0.3, 0.4) is 0 Å². The molecular formula is C21H17BrClFN2O3S. The molecule has 0 saturated carbocycles. The van der Waals surface area contributed by atoms with Gasteiger partial charge < -0.3 is 5.32 Å². The molecule has 0 aliphatic rings. The van der Waals surface area contributed by atoms with Crippen molar-refractivity contribution < 1.29 is 17.6 Å². The van der Waals surface area contributed by atoms with E-state index in [1.165, 1.54) is 30.3 Å². The molecule has 0 aliphatic heterocycles. The molecule has 1 N–H and O–H groups in total. The molecule has 5 nitrogen and oxygen atoms in total. The maximum atomic E-state index is 14.1. The Morgan fingerprint density at radius 1 is 1.10 bits per heavy atom. The van der Waals surface area contributed by atoms with Crippen molar-refractivity contribution >= 4 is 54.8 Å². The first kappa shape index (κ1) is 22.3. The van der Waals surface area contributed by atoms with Crippen molar-refractivity contribution in [3.8, 4) is 0 Å². The number of carbonyl (C=O) groups is 1. The summed E-state index contributed by atoms with van der Waals surface area (Å²) in [6.45, 7) is 1.15. The molecule has 0 fully saturated rings. The van der Waals surface area contributed by atoms with Gasteiger partial charge in [0.15, 0.2) is 0 Å². The van der Waals surface area contributed by atoms with Crippen LogP contribution in [0.2, 0.25) is 5.02 Å². The summed E-state index contributed by atoms with van der Waals surface area (Å²) in [4.78, 5) is 12.7. The number of benzene rings is 3. The van der Waals surface area contributed by atoms with Gasteiger partial charge in [-0.1, -0.05) is 45.7 Å². The van der Waals surface area contributed by atoms with E-state index in [-0.39, 0.29) is 10.6 Å². The Bertz CT molecular complexity index is 1190. The lowest BCUT2D eigenvalue weighted by atomic mass is 10.2. The van der Waals surface area contributed by atoms with Crippen LogP contribution in [0, 0.1) is 12.7 Å². The summed E-state index contributed by atoms with van der Waals surface area (Å²) in [7, 11) is -4.07. The quantitative estimate of drug-likeness (QED) is 0.483. The molecule has 0 spiro atoms. The van der Waals surface area contributed by atoms with Crippen LogP contribution in [-0.4, -0.2) is 20.9 Å². The first-order valence-electron chi connectivity index (χ1n) is 8.77. The Hall–Kier alpha value is -2.42.